The van der Waals surface area contributed by atoms with Crippen LogP contribution in [0.1, 0.15) is 62.8 Å². The van der Waals surface area contributed by atoms with E-state index in [0.717, 1.165) is 16.7 Å². The second kappa shape index (κ2) is 11.4. The van der Waals surface area contributed by atoms with Crippen LogP contribution in [0.4, 0.5) is 4.79 Å². The number of hydrogen-bond donors (Lipinski definition) is 1. The van der Waals surface area contributed by atoms with Crippen molar-refractivity contribution in [3.05, 3.63) is 70.8 Å². The van der Waals surface area contributed by atoms with Crippen LogP contribution < -0.4 is 10.1 Å². The number of carbonyl (C=O) groups is 2. The van der Waals surface area contributed by atoms with E-state index in [4.69, 9.17) is 16.3 Å². The summed E-state index contributed by atoms with van der Waals surface area (Å²) < 4.78 is 5.98. The molecule has 1 N–H and O–H groups in total. The van der Waals surface area contributed by atoms with E-state index in [1.807, 2.05) is 56.3 Å². The maximum atomic E-state index is 13.9. The average molecular weight is 484 g/mol. The van der Waals surface area contributed by atoms with Crippen LogP contribution in [-0.2, 0) is 4.79 Å². The molecule has 3 amide bonds. The molecule has 0 aromatic heterocycles. The molecule has 1 heterocycles. The van der Waals surface area contributed by atoms with Crippen LogP contribution in [-0.4, -0.2) is 48.0 Å². The standard InChI is InChI=1S/C27H34ClN3O3/c1-6-24(20-8-11-22(28)12-9-20)31(27(33)30-15-14-29-26(32)17-30)19(5)23-13-10-21(18(3)4)16-25(23)34-7-2/h8-13,16,18,24H,5-7,14-15,17H2,1-4H3,(H,29,32)/t24-/m0/s1. The third kappa shape index (κ3) is 5.73. The Labute approximate surface area is 207 Å². The fourth-order valence-electron chi connectivity index (χ4n) is 4.18. The number of amides is 3. The van der Waals surface area contributed by atoms with Gasteiger partial charge in [-0.25, -0.2) is 4.79 Å². The summed E-state index contributed by atoms with van der Waals surface area (Å²) in [5.74, 6) is 0.864. The second-order valence-electron chi connectivity index (χ2n) is 8.69. The molecule has 1 saturated heterocycles. The monoisotopic (exact) mass is 483 g/mol. The highest BCUT2D eigenvalue weighted by Crippen LogP contribution is 2.37. The van der Waals surface area contributed by atoms with Crippen LogP contribution in [0.3, 0.4) is 0 Å². The topological polar surface area (TPSA) is 61.9 Å². The molecule has 0 aliphatic carbocycles. The van der Waals surface area contributed by atoms with Crippen LogP contribution in [0, 0.1) is 0 Å². The fraction of sp³-hybridized carbons (Fsp3) is 0.407. The quantitative estimate of drug-likeness (QED) is 0.513. The van der Waals surface area contributed by atoms with E-state index >= 15 is 0 Å². The zero-order valence-electron chi connectivity index (χ0n) is 20.4. The summed E-state index contributed by atoms with van der Waals surface area (Å²) in [4.78, 5) is 29.2. The molecule has 1 aliphatic heterocycles. The molecule has 2 aromatic rings. The van der Waals surface area contributed by atoms with E-state index in [9.17, 15) is 9.59 Å². The summed E-state index contributed by atoms with van der Waals surface area (Å²) in [6, 6.07) is 13.0. The summed E-state index contributed by atoms with van der Waals surface area (Å²) >= 11 is 6.13. The van der Waals surface area contributed by atoms with Gasteiger partial charge in [-0.2, -0.15) is 0 Å². The summed E-state index contributed by atoms with van der Waals surface area (Å²) in [5.41, 5.74) is 3.39. The lowest BCUT2D eigenvalue weighted by Crippen LogP contribution is -2.54. The molecular formula is C27H34ClN3O3. The van der Waals surface area contributed by atoms with Crippen molar-refractivity contribution in [3.63, 3.8) is 0 Å². The van der Waals surface area contributed by atoms with Gasteiger partial charge < -0.3 is 15.0 Å². The highest BCUT2D eigenvalue weighted by Gasteiger charge is 2.33. The van der Waals surface area contributed by atoms with Crippen molar-refractivity contribution in [2.24, 2.45) is 0 Å². The normalized spacial score (nSPS) is 14.5. The minimum Gasteiger partial charge on any atom is -0.493 e. The molecule has 0 spiro atoms. The molecule has 1 fully saturated rings. The van der Waals surface area contributed by atoms with Crippen molar-refractivity contribution >= 4 is 29.2 Å². The maximum absolute atomic E-state index is 13.9. The van der Waals surface area contributed by atoms with Gasteiger partial charge in [0, 0.05) is 29.4 Å². The molecule has 1 aliphatic rings. The number of nitrogens with zero attached hydrogens (tertiary/aromatic N) is 2. The smallest absolute Gasteiger partial charge is 0.325 e. The third-order valence-electron chi connectivity index (χ3n) is 6.04. The first-order valence-corrected chi connectivity index (χ1v) is 12.2. The van der Waals surface area contributed by atoms with E-state index in [2.05, 4.69) is 25.7 Å². The largest absolute Gasteiger partial charge is 0.493 e. The Bertz CT molecular complexity index is 1040. The van der Waals surface area contributed by atoms with Gasteiger partial charge in [-0.05, 0) is 54.7 Å². The molecule has 6 nitrogen and oxygen atoms in total. The molecule has 0 saturated carbocycles. The van der Waals surface area contributed by atoms with Crippen molar-refractivity contribution in [1.29, 1.82) is 0 Å². The van der Waals surface area contributed by atoms with Crippen LogP contribution in [0.15, 0.2) is 49.0 Å². The Morgan fingerprint density at radius 3 is 2.44 bits per heavy atom. The van der Waals surface area contributed by atoms with Crippen molar-refractivity contribution in [2.75, 3.05) is 26.2 Å². The number of rotatable bonds is 8. The molecule has 0 radical (unpaired) electrons. The molecule has 1 atom stereocenters. The first kappa shape index (κ1) is 25.6. The lowest BCUT2D eigenvalue weighted by molar-refractivity contribution is -0.123. The van der Waals surface area contributed by atoms with Crippen LogP contribution in [0.2, 0.25) is 5.02 Å². The van der Waals surface area contributed by atoms with Gasteiger partial charge in [-0.3, -0.25) is 9.69 Å². The molecule has 0 unspecified atom stereocenters. The van der Waals surface area contributed by atoms with E-state index in [1.165, 1.54) is 0 Å². The maximum Gasteiger partial charge on any atom is 0.325 e. The molecule has 182 valence electrons. The van der Waals surface area contributed by atoms with Crippen molar-refractivity contribution < 1.29 is 14.3 Å². The van der Waals surface area contributed by atoms with Gasteiger partial charge in [0.25, 0.3) is 0 Å². The molecule has 34 heavy (non-hydrogen) atoms. The van der Waals surface area contributed by atoms with E-state index < -0.39 is 0 Å². The van der Waals surface area contributed by atoms with Gasteiger partial charge >= 0.3 is 6.03 Å². The molecule has 3 rings (SSSR count). The SMILES string of the molecule is C=C(c1ccc(C(C)C)cc1OCC)N(C(=O)N1CCNC(=O)C1)[C@@H](CC)c1ccc(Cl)cc1. The van der Waals surface area contributed by atoms with Gasteiger partial charge in [0.1, 0.15) is 12.3 Å². The lowest BCUT2D eigenvalue weighted by atomic mass is 9.97. The van der Waals surface area contributed by atoms with Gasteiger partial charge in [0.15, 0.2) is 0 Å². The van der Waals surface area contributed by atoms with Crippen LogP contribution in [0.5, 0.6) is 5.75 Å². The van der Waals surface area contributed by atoms with E-state index in [1.54, 1.807) is 9.80 Å². The van der Waals surface area contributed by atoms with Crippen molar-refractivity contribution in [1.82, 2.24) is 15.1 Å². The minimum absolute atomic E-state index is 0.0181. The first-order valence-electron chi connectivity index (χ1n) is 11.8. The fourth-order valence-corrected chi connectivity index (χ4v) is 4.31. The number of carbonyl (C=O) groups excluding carboxylic acids is 2. The molecular weight excluding hydrogens is 450 g/mol. The zero-order chi connectivity index (χ0) is 24.8. The highest BCUT2D eigenvalue weighted by molar-refractivity contribution is 6.30. The molecule has 7 heteroatoms. The molecule has 2 aromatic carbocycles. The summed E-state index contributed by atoms with van der Waals surface area (Å²) in [6.45, 7) is 14.0. The number of ether oxygens (including phenoxy) is 1. The Morgan fingerprint density at radius 1 is 1.18 bits per heavy atom. The van der Waals surface area contributed by atoms with Crippen molar-refractivity contribution in [3.8, 4) is 5.75 Å². The van der Waals surface area contributed by atoms with Gasteiger partial charge in [-0.15, -0.1) is 0 Å². The van der Waals surface area contributed by atoms with Gasteiger partial charge in [0.05, 0.1) is 12.6 Å². The Morgan fingerprint density at radius 2 is 1.85 bits per heavy atom. The zero-order valence-corrected chi connectivity index (χ0v) is 21.2. The number of urea groups is 1. The number of piperazine rings is 1. The second-order valence-corrected chi connectivity index (χ2v) is 9.13. The highest BCUT2D eigenvalue weighted by atomic mass is 35.5. The lowest BCUT2D eigenvalue weighted by Gasteiger charge is -2.38. The molecule has 0 bridgehead atoms. The summed E-state index contributed by atoms with van der Waals surface area (Å²) in [5, 5.41) is 3.41. The third-order valence-corrected chi connectivity index (χ3v) is 6.29. The summed E-state index contributed by atoms with van der Waals surface area (Å²) in [6.07, 6.45) is 0.653. The Balaban J connectivity index is 2.08. The van der Waals surface area contributed by atoms with Crippen LogP contribution in [0.25, 0.3) is 5.70 Å². The Hall–Kier alpha value is -2.99. The van der Waals surface area contributed by atoms with Crippen LogP contribution >= 0.6 is 11.6 Å². The Kier molecular flexibility index (Phi) is 8.61. The minimum atomic E-state index is -0.290. The number of hydrogen-bond acceptors (Lipinski definition) is 3. The number of nitrogens with one attached hydrogen (secondary N) is 1. The summed E-state index contributed by atoms with van der Waals surface area (Å²) in [7, 11) is 0. The number of benzene rings is 2. The van der Waals surface area contributed by atoms with E-state index in [0.29, 0.717) is 48.5 Å². The predicted octanol–water partition coefficient (Wildman–Crippen LogP) is 5.84. The van der Waals surface area contributed by atoms with E-state index in [-0.39, 0.29) is 24.5 Å². The van der Waals surface area contributed by atoms with Gasteiger partial charge in [0.2, 0.25) is 5.91 Å². The number of halogens is 1. The predicted molar refractivity (Wildman–Crippen MR) is 137 cm³/mol. The average Bonchev–Trinajstić information content (AvgIpc) is 2.82. The first-order chi connectivity index (χ1) is 16.3. The van der Waals surface area contributed by atoms with Gasteiger partial charge in [-0.1, -0.05) is 57.2 Å². The van der Waals surface area contributed by atoms with Crippen molar-refractivity contribution in [2.45, 2.75) is 46.1 Å².